The number of benzene rings is 1. The van der Waals surface area contributed by atoms with E-state index in [0.717, 1.165) is 5.69 Å². The Balaban J connectivity index is 2.11. The zero-order chi connectivity index (χ0) is 18.4. The average Bonchev–Trinajstić information content (AvgIpc) is 3.07. The van der Waals surface area contributed by atoms with Gasteiger partial charge in [-0.05, 0) is 29.0 Å². The number of carboxylic acid groups (broad SMARTS) is 1. The lowest BCUT2D eigenvalue weighted by molar-refractivity contribution is -0.142. The van der Waals surface area contributed by atoms with Crippen LogP contribution in [0.4, 0.5) is 5.95 Å². The van der Waals surface area contributed by atoms with Gasteiger partial charge in [0.05, 0.1) is 11.6 Å². The molecule has 0 saturated carbocycles. The Hall–Kier alpha value is -2.97. The van der Waals surface area contributed by atoms with Crippen molar-refractivity contribution < 1.29 is 14.7 Å². The minimum Gasteiger partial charge on any atom is -0.481 e. The molecule has 0 aliphatic carbocycles. The lowest BCUT2D eigenvalue weighted by Crippen LogP contribution is -2.43. The van der Waals surface area contributed by atoms with Crippen molar-refractivity contribution in [3.63, 3.8) is 0 Å². The molecule has 9 nitrogen and oxygen atoms in total. The quantitative estimate of drug-likeness (QED) is 0.734. The number of rotatable bonds is 8. The maximum Gasteiger partial charge on any atom is 0.308 e. The number of aliphatic carboxylic acids is 1. The van der Waals surface area contributed by atoms with Crippen LogP contribution in [0.15, 0.2) is 30.3 Å². The molecule has 134 valence electrons. The van der Waals surface area contributed by atoms with Crippen LogP contribution in [0.5, 0.6) is 0 Å². The molecule has 1 aromatic carbocycles. The first-order valence-electron chi connectivity index (χ1n) is 8.02. The Morgan fingerprint density at radius 2 is 2.00 bits per heavy atom. The highest BCUT2D eigenvalue weighted by Gasteiger charge is 2.25. The van der Waals surface area contributed by atoms with Gasteiger partial charge in [-0.15, -0.1) is 0 Å². The number of nitrogens with one attached hydrogen (secondary N) is 1. The first-order valence-corrected chi connectivity index (χ1v) is 8.02. The van der Waals surface area contributed by atoms with Crippen LogP contribution in [0.3, 0.4) is 0 Å². The first-order chi connectivity index (χ1) is 11.9. The summed E-state index contributed by atoms with van der Waals surface area (Å²) in [6.07, 6.45) is 0.506. The van der Waals surface area contributed by atoms with Crippen LogP contribution in [0.25, 0.3) is 5.69 Å². The Labute approximate surface area is 145 Å². The van der Waals surface area contributed by atoms with Crippen molar-refractivity contribution in [2.45, 2.75) is 26.3 Å². The van der Waals surface area contributed by atoms with Crippen LogP contribution in [-0.2, 0) is 9.59 Å². The molecule has 2 rings (SSSR count). The number of likely N-dealkylation sites (N-methyl/N-ethyl adjacent to an activating group) is 1. The number of carboxylic acids is 1. The van der Waals surface area contributed by atoms with E-state index < -0.39 is 17.9 Å². The van der Waals surface area contributed by atoms with E-state index in [4.69, 9.17) is 5.11 Å². The first kappa shape index (κ1) is 18.4. The highest BCUT2D eigenvalue weighted by molar-refractivity contribution is 5.84. The van der Waals surface area contributed by atoms with Gasteiger partial charge in [0.2, 0.25) is 11.9 Å². The number of amides is 1. The van der Waals surface area contributed by atoms with Gasteiger partial charge in [0, 0.05) is 13.6 Å². The third-order valence-corrected chi connectivity index (χ3v) is 3.83. The molecule has 2 unspecified atom stereocenters. The molecule has 0 radical (unpaired) electrons. The highest BCUT2D eigenvalue weighted by Crippen LogP contribution is 2.13. The van der Waals surface area contributed by atoms with Gasteiger partial charge in [0.1, 0.15) is 6.04 Å². The highest BCUT2D eigenvalue weighted by atomic mass is 16.4. The van der Waals surface area contributed by atoms with Crippen molar-refractivity contribution in [1.82, 2.24) is 25.1 Å². The molecule has 1 aromatic heterocycles. The van der Waals surface area contributed by atoms with E-state index in [9.17, 15) is 9.59 Å². The van der Waals surface area contributed by atoms with Crippen LogP contribution in [0.2, 0.25) is 0 Å². The van der Waals surface area contributed by atoms with E-state index in [1.165, 1.54) is 9.58 Å². The van der Waals surface area contributed by atoms with Gasteiger partial charge in [-0.25, -0.2) is 0 Å². The Morgan fingerprint density at radius 3 is 2.60 bits per heavy atom. The Bertz CT molecular complexity index is 718. The molecule has 2 aromatic rings. The van der Waals surface area contributed by atoms with E-state index in [1.54, 1.807) is 14.0 Å². The number of carbonyl (C=O) groups is 2. The fourth-order valence-electron chi connectivity index (χ4n) is 2.36. The number of hydrogen-bond donors (Lipinski definition) is 2. The van der Waals surface area contributed by atoms with E-state index in [1.807, 2.05) is 37.3 Å². The third kappa shape index (κ3) is 4.52. The molecule has 2 N–H and O–H groups in total. The summed E-state index contributed by atoms with van der Waals surface area (Å²) in [6, 6.07) is 8.77. The molecule has 0 bridgehead atoms. The number of carbonyl (C=O) groups excluding carboxylic acids is 1. The molecule has 9 heteroatoms. The van der Waals surface area contributed by atoms with Crippen molar-refractivity contribution in [2.24, 2.45) is 5.92 Å². The molecule has 1 heterocycles. The molecule has 2 atom stereocenters. The Kier molecular flexibility index (Phi) is 6.04. The predicted octanol–water partition coefficient (Wildman–Crippen LogP) is 1.03. The molecule has 0 saturated heterocycles. The number of nitrogens with zero attached hydrogens (tertiary/aromatic N) is 5. The lowest BCUT2D eigenvalue weighted by Gasteiger charge is -2.25. The number of aromatic nitrogens is 4. The van der Waals surface area contributed by atoms with Crippen LogP contribution < -0.4 is 5.32 Å². The number of anilines is 1. The van der Waals surface area contributed by atoms with Gasteiger partial charge in [0.15, 0.2) is 0 Å². The summed E-state index contributed by atoms with van der Waals surface area (Å²) in [5.41, 5.74) is 0.769. The van der Waals surface area contributed by atoms with Gasteiger partial charge in [-0.3, -0.25) is 9.59 Å². The van der Waals surface area contributed by atoms with E-state index in [-0.39, 0.29) is 12.5 Å². The summed E-state index contributed by atoms with van der Waals surface area (Å²) in [5, 5.41) is 23.6. The minimum absolute atomic E-state index is 0.135. The number of para-hydroxylation sites is 1. The predicted molar refractivity (Wildman–Crippen MR) is 91.3 cm³/mol. The molecular formula is C16H22N6O3. The molecular weight excluding hydrogens is 324 g/mol. The normalized spacial score (nSPS) is 13.1. The molecule has 0 aliphatic rings. The maximum atomic E-state index is 12.6. The standard InChI is InChI=1S/C16H22N6O3/c1-4-13(14(23)21(3)10-11(2)15(24)25)17-16-18-19-20-22(16)12-8-6-5-7-9-12/h5-9,11,13H,4,10H2,1-3H3,(H,24,25)(H,17,18,20). The van der Waals surface area contributed by atoms with E-state index >= 15 is 0 Å². The fraction of sp³-hybridized carbons (Fsp3) is 0.438. The van der Waals surface area contributed by atoms with Gasteiger partial charge >= 0.3 is 5.97 Å². The van der Waals surface area contributed by atoms with Gasteiger partial charge in [0.25, 0.3) is 0 Å². The fourth-order valence-corrected chi connectivity index (χ4v) is 2.36. The van der Waals surface area contributed by atoms with Crippen molar-refractivity contribution in [3.05, 3.63) is 30.3 Å². The summed E-state index contributed by atoms with van der Waals surface area (Å²) < 4.78 is 1.51. The SMILES string of the molecule is CCC(Nc1nnnn1-c1ccccc1)C(=O)N(C)CC(C)C(=O)O. The van der Waals surface area contributed by atoms with Gasteiger partial charge < -0.3 is 15.3 Å². The minimum atomic E-state index is -0.936. The van der Waals surface area contributed by atoms with Crippen LogP contribution >= 0.6 is 0 Å². The zero-order valence-corrected chi connectivity index (χ0v) is 14.5. The topological polar surface area (TPSA) is 113 Å². The summed E-state index contributed by atoms with van der Waals surface area (Å²) in [7, 11) is 1.59. The third-order valence-electron chi connectivity index (χ3n) is 3.83. The molecule has 0 fully saturated rings. The van der Waals surface area contributed by atoms with Crippen molar-refractivity contribution >= 4 is 17.8 Å². The zero-order valence-electron chi connectivity index (χ0n) is 14.5. The average molecular weight is 346 g/mol. The second kappa shape index (κ2) is 8.22. The Morgan fingerprint density at radius 1 is 1.32 bits per heavy atom. The second-order valence-corrected chi connectivity index (χ2v) is 5.81. The molecule has 1 amide bonds. The second-order valence-electron chi connectivity index (χ2n) is 5.81. The summed E-state index contributed by atoms with van der Waals surface area (Å²) >= 11 is 0. The van der Waals surface area contributed by atoms with Crippen LogP contribution in [-0.4, -0.2) is 61.7 Å². The molecule has 0 aliphatic heterocycles. The van der Waals surface area contributed by atoms with Gasteiger partial charge in [-0.2, -0.15) is 4.68 Å². The number of tetrazole rings is 1. The van der Waals surface area contributed by atoms with Crippen molar-refractivity contribution in [2.75, 3.05) is 18.9 Å². The maximum absolute atomic E-state index is 12.6. The summed E-state index contributed by atoms with van der Waals surface area (Å²) in [4.78, 5) is 25.0. The van der Waals surface area contributed by atoms with Crippen LogP contribution in [0.1, 0.15) is 20.3 Å². The number of hydrogen-bond acceptors (Lipinski definition) is 6. The van der Waals surface area contributed by atoms with E-state index in [2.05, 4.69) is 20.8 Å². The van der Waals surface area contributed by atoms with E-state index in [0.29, 0.717) is 12.4 Å². The van der Waals surface area contributed by atoms with Gasteiger partial charge in [-0.1, -0.05) is 37.1 Å². The molecule has 0 spiro atoms. The largest absolute Gasteiger partial charge is 0.481 e. The van der Waals surface area contributed by atoms with Crippen molar-refractivity contribution in [1.29, 1.82) is 0 Å². The molecule has 25 heavy (non-hydrogen) atoms. The monoisotopic (exact) mass is 346 g/mol. The summed E-state index contributed by atoms with van der Waals surface area (Å²) in [6.45, 7) is 3.56. The lowest BCUT2D eigenvalue weighted by atomic mass is 10.1. The summed E-state index contributed by atoms with van der Waals surface area (Å²) in [5.74, 6) is -1.43. The van der Waals surface area contributed by atoms with Crippen LogP contribution in [0, 0.1) is 5.92 Å². The van der Waals surface area contributed by atoms with Crippen molar-refractivity contribution in [3.8, 4) is 5.69 Å². The smallest absolute Gasteiger partial charge is 0.308 e.